The highest BCUT2D eigenvalue weighted by Crippen LogP contribution is 2.27. The highest BCUT2D eigenvalue weighted by atomic mass is 19.1. The van der Waals surface area contributed by atoms with E-state index in [0.717, 1.165) is 5.56 Å². The van der Waals surface area contributed by atoms with Crippen LogP contribution in [0, 0.1) is 19.3 Å². The van der Waals surface area contributed by atoms with E-state index in [1.807, 2.05) is 0 Å². The van der Waals surface area contributed by atoms with Gasteiger partial charge in [0.25, 0.3) is 0 Å². The van der Waals surface area contributed by atoms with Crippen LogP contribution in [0.4, 0.5) is 10.3 Å². The van der Waals surface area contributed by atoms with Gasteiger partial charge in [-0.3, -0.25) is 0 Å². The van der Waals surface area contributed by atoms with Crippen LogP contribution in [0.25, 0.3) is 27.4 Å². The van der Waals surface area contributed by atoms with Crippen molar-refractivity contribution in [2.45, 2.75) is 13.5 Å². The number of hydrogen-bond donors (Lipinski definition) is 0. The summed E-state index contributed by atoms with van der Waals surface area (Å²) in [7, 11) is 0. The van der Waals surface area contributed by atoms with Gasteiger partial charge in [-0.05, 0) is 24.2 Å². The molecule has 9 heteroatoms. The summed E-state index contributed by atoms with van der Waals surface area (Å²) < 4.78 is 20.7. The summed E-state index contributed by atoms with van der Waals surface area (Å²) in [5.74, 6) is 0.0846. The molecule has 0 saturated heterocycles. The van der Waals surface area contributed by atoms with Crippen molar-refractivity contribution in [2.75, 3.05) is 0 Å². The van der Waals surface area contributed by atoms with Crippen molar-refractivity contribution in [1.29, 1.82) is 0 Å². The molecular weight excluding hydrogens is 325 g/mol. The monoisotopic (exact) mass is 335 g/mol. The van der Waals surface area contributed by atoms with Crippen LogP contribution in [0.2, 0.25) is 0 Å². The second-order valence-electron chi connectivity index (χ2n) is 5.33. The zero-order chi connectivity index (χ0) is 17.4. The molecule has 0 unspecified atom stereocenters. The van der Waals surface area contributed by atoms with E-state index in [-0.39, 0.29) is 11.5 Å². The van der Waals surface area contributed by atoms with E-state index in [4.69, 9.17) is 11.2 Å². The summed E-state index contributed by atoms with van der Waals surface area (Å²) in [5.41, 5.74) is 2.57. The third-order valence-corrected chi connectivity index (χ3v) is 3.73. The fourth-order valence-corrected chi connectivity index (χ4v) is 2.56. The first-order valence-electron chi connectivity index (χ1n) is 7.30. The summed E-state index contributed by atoms with van der Waals surface area (Å²) >= 11 is 0. The van der Waals surface area contributed by atoms with E-state index in [1.165, 1.54) is 6.07 Å². The number of hydrogen-bond acceptors (Lipinski definition) is 6. The van der Waals surface area contributed by atoms with Gasteiger partial charge in [0.2, 0.25) is 0 Å². The Morgan fingerprint density at radius 2 is 2.04 bits per heavy atom. The van der Waals surface area contributed by atoms with Gasteiger partial charge in [-0.25, -0.2) is 14.0 Å². The first kappa shape index (κ1) is 14.9. The molecule has 0 amide bonds. The predicted molar refractivity (Wildman–Crippen MR) is 85.1 cm³/mol. The molecule has 0 spiro atoms. The Morgan fingerprint density at radius 3 is 2.72 bits per heavy atom. The van der Waals surface area contributed by atoms with E-state index < -0.39 is 5.82 Å². The molecule has 0 atom stereocenters. The summed E-state index contributed by atoms with van der Waals surface area (Å²) in [6, 6.07) is 4.74. The van der Waals surface area contributed by atoms with Crippen molar-refractivity contribution >= 4 is 17.0 Å². The standard InChI is InChI=1S/C16H10FN7O/c1-9-13(23-25-22-9)15-21-14-11(17)4-3-5-12(14)24(15)8-10-6-19-16(18-2)20-7-10/h3-7H,8H2,1H3. The zero-order valence-electron chi connectivity index (χ0n) is 13.0. The molecule has 4 aromatic rings. The van der Waals surface area contributed by atoms with Gasteiger partial charge in [0.15, 0.2) is 17.3 Å². The molecule has 0 aliphatic carbocycles. The quantitative estimate of drug-likeness (QED) is 0.535. The molecule has 122 valence electrons. The number of fused-ring (bicyclic) bond motifs is 1. The Bertz CT molecular complexity index is 1110. The lowest BCUT2D eigenvalue weighted by atomic mass is 10.2. The molecule has 25 heavy (non-hydrogen) atoms. The lowest BCUT2D eigenvalue weighted by molar-refractivity contribution is 0.305. The van der Waals surface area contributed by atoms with Crippen LogP contribution >= 0.6 is 0 Å². The number of benzene rings is 1. The van der Waals surface area contributed by atoms with Gasteiger partial charge >= 0.3 is 5.95 Å². The normalized spacial score (nSPS) is 10.9. The average Bonchev–Trinajstić information content (AvgIpc) is 3.20. The minimum Gasteiger partial charge on any atom is -0.394 e. The van der Waals surface area contributed by atoms with Crippen LogP contribution in [0.5, 0.6) is 0 Å². The summed E-state index contributed by atoms with van der Waals surface area (Å²) in [4.78, 5) is 15.5. The number of aryl methyl sites for hydroxylation is 1. The predicted octanol–water partition coefficient (Wildman–Crippen LogP) is 2.92. The Balaban J connectivity index is 1.90. The van der Waals surface area contributed by atoms with Crippen molar-refractivity contribution in [3.63, 3.8) is 0 Å². The van der Waals surface area contributed by atoms with Gasteiger partial charge in [0, 0.05) is 5.56 Å². The van der Waals surface area contributed by atoms with Gasteiger partial charge in [0.1, 0.15) is 11.2 Å². The van der Waals surface area contributed by atoms with E-state index in [9.17, 15) is 4.39 Å². The van der Waals surface area contributed by atoms with Crippen LogP contribution in [0.1, 0.15) is 11.3 Å². The number of rotatable bonds is 3. The Kier molecular flexibility index (Phi) is 3.43. The summed E-state index contributed by atoms with van der Waals surface area (Å²) in [6.45, 7) is 8.98. The molecule has 1 aromatic carbocycles. The van der Waals surface area contributed by atoms with Gasteiger partial charge in [0.05, 0.1) is 24.5 Å². The van der Waals surface area contributed by atoms with Crippen LogP contribution in [-0.4, -0.2) is 29.8 Å². The van der Waals surface area contributed by atoms with E-state index in [1.54, 1.807) is 36.0 Å². The minimum absolute atomic E-state index is 0.0713. The van der Waals surface area contributed by atoms with Crippen LogP contribution in [-0.2, 0) is 6.54 Å². The number of aromatic nitrogens is 6. The van der Waals surface area contributed by atoms with Crippen molar-refractivity contribution in [3.05, 3.63) is 59.1 Å². The topological polar surface area (TPSA) is 86.9 Å². The summed E-state index contributed by atoms with van der Waals surface area (Å²) in [6.07, 6.45) is 3.12. The van der Waals surface area contributed by atoms with Gasteiger partial charge in [-0.1, -0.05) is 11.2 Å². The van der Waals surface area contributed by atoms with Crippen molar-refractivity contribution in [2.24, 2.45) is 0 Å². The molecular formula is C16H10FN7O. The maximum absolute atomic E-state index is 14.2. The highest BCUT2D eigenvalue weighted by Gasteiger charge is 2.20. The summed E-state index contributed by atoms with van der Waals surface area (Å²) in [5, 5.41) is 7.64. The fraction of sp³-hybridized carbons (Fsp3) is 0.125. The molecule has 0 aliphatic rings. The SMILES string of the molecule is [C-]#[N+]c1ncc(Cn2c(-c3nonc3C)nc3c(F)cccc32)cn1. The smallest absolute Gasteiger partial charge is 0.371 e. The first-order chi connectivity index (χ1) is 12.2. The average molecular weight is 335 g/mol. The maximum atomic E-state index is 14.2. The number of nitrogens with zero attached hydrogens (tertiary/aromatic N) is 7. The number of para-hydroxylation sites is 1. The Morgan fingerprint density at radius 1 is 1.24 bits per heavy atom. The Labute approximate surface area is 140 Å². The lowest BCUT2D eigenvalue weighted by Gasteiger charge is -2.06. The maximum Gasteiger partial charge on any atom is 0.371 e. The highest BCUT2D eigenvalue weighted by molar-refractivity contribution is 5.81. The van der Waals surface area contributed by atoms with Crippen LogP contribution < -0.4 is 0 Å². The molecule has 0 aliphatic heterocycles. The van der Waals surface area contributed by atoms with Crippen molar-refractivity contribution < 1.29 is 9.02 Å². The second kappa shape index (κ2) is 5.76. The fourth-order valence-electron chi connectivity index (χ4n) is 2.56. The van der Waals surface area contributed by atoms with Crippen molar-refractivity contribution in [1.82, 2.24) is 29.8 Å². The second-order valence-corrected chi connectivity index (χ2v) is 5.33. The molecule has 3 heterocycles. The molecule has 0 radical (unpaired) electrons. The minimum atomic E-state index is -0.425. The molecule has 0 N–H and O–H groups in total. The molecule has 8 nitrogen and oxygen atoms in total. The van der Waals surface area contributed by atoms with Crippen molar-refractivity contribution in [3.8, 4) is 11.5 Å². The van der Waals surface area contributed by atoms with Gasteiger partial charge < -0.3 is 9.41 Å². The van der Waals surface area contributed by atoms with E-state index in [0.29, 0.717) is 29.3 Å². The van der Waals surface area contributed by atoms with Crippen LogP contribution in [0.15, 0.2) is 35.2 Å². The largest absolute Gasteiger partial charge is 0.394 e. The number of halogens is 1. The molecule has 3 aromatic heterocycles. The van der Waals surface area contributed by atoms with E-state index in [2.05, 4.69) is 30.1 Å². The van der Waals surface area contributed by atoms with Crippen LogP contribution in [0.3, 0.4) is 0 Å². The molecule has 0 fully saturated rings. The lowest BCUT2D eigenvalue weighted by Crippen LogP contribution is -2.04. The van der Waals surface area contributed by atoms with Gasteiger partial charge in [-0.2, -0.15) is 9.97 Å². The third kappa shape index (κ3) is 2.49. The van der Waals surface area contributed by atoms with Gasteiger partial charge in [-0.15, -0.1) is 6.57 Å². The molecule has 4 rings (SSSR count). The molecule has 0 bridgehead atoms. The Hall–Kier alpha value is -3.67. The first-order valence-corrected chi connectivity index (χ1v) is 7.30. The molecule has 0 saturated carbocycles. The zero-order valence-corrected chi connectivity index (χ0v) is 13.0. The number of imidazole rings is 1. The third-order valence-electron chi connectivity index (χ3n) is 3.73. The van der Waals surface area contributed by atoms with E-state index >= 15 is 0 Å².